The molecule has 0 aliphatic carbocycles. The molecule has 0 bridgehead atoms. The summed E-state index contributed by atoms with van der Waals surface area (Å²) >= 11 is 0. The van der Waals surface area contributed by atoms with Crippen LogP contribution in [0.4, 0.5) is 0 Å². The van der Waals surface area contributed by atoms with Crippen molar-refractivity contribution in [2.24, 2.45) is 11.7 Å². The molecule has 0 aliphatic rings. The van der Waals surface area contributed by atoms with E-state index in [0.717, 1.165) is 0 Å². The molecule has 0 spiro atoms. The molecule has 0 aromatic heterocycles. The molecule has 64 valence electrons. The van der Waals surface area contributed by atoms with E-state index in [9.17, 15) is 4.79 Å². The monoisotopic (exact) mass is 211 g/mol. The molecule has 0 aliphatic heterocycles. The van der Waals surface area contributed by atoms with Crippen molar-refractivity contribution in [1.82, 2.24) is 0 Å². The summed E-state index contributed by atoms with van der Waals surface area (Å²) in [5, 5.41) is 8.23. The van der Waals surface area contributed by atoms with Gasteiger partial charge in [0.25, 0.3) is 0 Å². The summed E-state index contributed by atoms with van der Waals surface area (Å²) in [5.41, 5.74) is 5.16. The predicted molar refractivity (Wildman–Crippen MR) is 36.2 cm³/mol. The quantitative estimate of drug-likeness (QED) is 0.448. The summed E-state index contributed by atoms with van der Waals surface area (Å²) in [5.74, 6) is -0.910. The summed E-state index contributed by atoms with van der Waals surface area (Å²) in [6.07, 6.45) is 0. The number of hydrogen-bond donors (Lipinski definition) is 2. The molecular formula is C5H11Cl2MgNO2. The second-order valence-corrected chi connectivity index (χ2v) is 2.11. The molecule has 0 rings (SSSR count). The first-order valence-corrected chi connectivity index (χ1v) is 2.54. The minimum Gasteiger partial charge on any atom is -1.00 e. The number of hydrogen-bond acceptors (Lipinski definition) is 2. The van der Waals surface area contributed by atoms with E-state index in [1.165, 1.54) is 0 Å². The Hall–Kier alpha value is 0.776. The molecule has 0 amide bonds. The maximum atomic E-state index is 10.0. The number of carboxylic acids is 1. The van der Waals surface area contributed by atoms with Crippen LogP contribution in [-0.4, -0.2) is 40.2 Å². The van der Waals surface area contributed by atoms with E-state index in [1.807, 2.05) is 0 Å². The number of carbonyl (C=O) groups is 1. The van der Waals surface area contributed by atoms with Crippen LogP contribution in [0.1, 0.15) is 13.8 Å². The molecule has 0 heterocycles. The maximum absolute atomic E-state index is 10.0. The van der Waals surface area contributed by atoms with Gasteiger partial charge < -0.3 is 35.7 Å². The predicted octanol–water partition coefficient (Wildman–Crippen LogP) is -6.32. The SMILES string of the molecule is CC(C)[C@H](N)C(=O)O.[Cl-].[Cl-].[Mg+2]. The average Bonchev–Trinajstić information content (AvgIpc) is 1.64. The molecule has 0 unspecified atom stereocenters. The molecule has 11 heavy (non-hydrogen) atoms. The van der Waals surface area contributed by atoms with Crippen molar-refractivity contribution in [2.45, 2.75) is 19.9 Å². The van der Waals surface area contributed by atoms with Crippen LogP contribution in [0.2, 0.25) is 0 Å². The van der Waals surface area contributed by atoms with Crippen molar-refractivity contribution in [3.05, 3.63) is 0 Å². The molecule has 0 aromatic rings. The third-order valence-corrected chi connectivity index (χ3v) is 1.00. The van der Waals surface area contributed by atoms with Gasteiger partial charge in [0.2, 0.25) is 0 Å². The molecule has 0 saturated carbocycles. The van der Waals surface area contributed by atoms with Crippen molar-refractivity contribution in [1.29, 1.82) is 0 Å². The normalized spacial score (nSPS) is 10.2. The van der Waals surface area contributed by atoms with Gasteiger partial charge >= 0.3 is 29.0 Å². The fourth-order valence-electron chi connectivity index (χ4n) is 0.285. The molecule has 0 aromatic carbocycles. The van der Waals surface area contributed by atoms with E-state index in [0.29, 0.717) is 0 Å². The summed E-state index contributed by atoms with van der Waals surface area (Å²) in [6.45, 7) is 3.55. The topological polar surface area (TPSA) is 63.3 Å². The van der Waals surface area contributed by atoms with Crippen molar-refractivity contribution in [2.75, 3.05) is 0 Å². The summed E-state index contributed by atoms with van der Waals surface area (Å²) in [7, 11) is 0. The second-order valence-electron chi connectivity index (χ2n) is 2.11. The smallest absolute Gasteiger partial charge is 1.00 e. The molecule has 0 saturated heterocycles. The Morgan fingerprint density at radius 1 is 1.36 bits per heavy atom. The number of aliphatic carboxylic acids is 1. The van der Waals surface area contributed by atoms with Crippen LogP contribution in [0.3, 0.4) is 0 Å². The second kappa shape index (κ2) is 10.8. The molecule has 6 heteroatoms. The van der Waals surface area contributed by atoms with Crippen LogP contribution in [0.5, 0.6) is 0 Å². The van der Waals surface area contributed by atoms with Gasteiger partial charge in [0.1, 0.15) is 6.04 Å². The molecule has 3 nitrogen and oxygen atoms in total. The first-order chi connectivity index (χ1) is 3.55. The number of carboxylic acid groups (broad SMARTS) is 1. The Morgan fingerprint density at radius 2 is 1.64 bits per heavy atom. The summed E-state index contributed by atoms with van der Waals surface area (Å²) < 4.78 is 0. The van der Waals surface area contributed by atoms with Crippen LogP contribution in [0.15, 0.2) is 0 Å². The molecule has 0 fully saturated rings. The van der Waals surface area contributed by atoms with Gasteiger partial charge in [-0.25, -0.2) is 0 Å². The van der Waals surface area contributed by atoms with E-state index >= 15 is 0 Å². The number of halogens is 2. The van der Waals surface area contributed by atoms with Gasteiger partial charge in [0, 0.05) is 0 Å². The molecule has 1 atom stereocenters. The van der Waals surface area contributed by atoms with Crippen molar-refractivity contribution < 1.29 is 34.7 Å². The Morgan fingerprint density at radius 3 is 1.64 bits per heavy atom. The first-order valence-electron chi connectivity index (χ1n) is 2.54. The van der Waals surface area contributed by atoms with Gasteiger partial charge in [-0.1, -0.05) is 13.8 Å². The van der Waals surface area contributed by atoms with Crippen molar-refractivity contribution in [3.63, 3.8) is 0 Å². The average molecular weight is 212 g/mol. The standard InChI is InChI=1S/C5H11NO2.2ClH.Mg/c1-3(2)4(6)5(7)8;;;/h3-4H,6H2,1-2H3,(H,7,8);2*1H;/q;;;+2/p-2/t4-;;;/m0.../s1. The zero-order chi connectivity index (χ0) is 6.73. The minimum absolute atomic E-state index is 0. The van der Waals surface area contributed by atoms with Crippen LogP contribution < -0.4 is 30.5 Å². The van der Waals surface area contributed by atoms with Gasteiger partial charge in [-0.2, -0.15) is 0 Å². The van der Waals surface area contributed by atoms with Gasteiger partial charge in [-0.3, -0.25) is 4.79 Å². The fourth-order valence-corrected chi connectivity index (χ4v) is 0.285. The van der Waals surface area contributed by atoms with E-state index in [1.54, 1.807) is 13.8 Å². The largest absolute Gasteiger partial charge is 2.00 e. The Balaban J connectivity index is -0.0000000817. The Bertz CT molecular complexity index is 102. The van der Waals surface area contributed by atoms with E-state index in [2.05, 4.69) is 0 Å². The first kappa shape index (κ1) is 22.6. The molecular weight excluding hydrogens is 201 g/mol. The van der Waals surface area contributed by atoms with Crippen LogP contribution in [-0.2, 0) is 4.79 Å². The third kappa shape index (κ3) is 10.8. The zero-order valence-electron chi connectivity index (χ0n) is 6.55. The third-order valence-electron chi connectivity index (χ3n) is 1.00. The van der Waals surface area contributed by atoms with Gasteiger partial charge in [-0.15, -0.1) is 0 Å². The van der Waals surface area contributed by atoms with Gasteiger partial charge in [-0.05, 0) is 5.92 Å². The van der Waals surface area contributed by atoms with Crippen LogP contribution >= 0.6 is 0 Å². The Labute approximate surface area is 95.1 Å². The maximum Gasteiger partial charge on any atom is 2.00 e. The van der Waals surface area contributed by atoms with E-state index in [4.69, 9.17) is 10.8 Å². The summed E-state index contributed by atoms with van der Waals surface area (Å²) in [6, 6.07) is -0.713. The van der Waals surface area contributed by atoms with Crippen molar-refractivity contribution >= 4 is 29.0 Å². The zero-order valence-corrected chi connectivity index (χ0v) is 9.48. The summed E-state index contributed by atoms with van der Waals surface area (Å²) in [4.78, 5) is 10.0. The molecule has 0 radical (unpaired) electrons. The number of nitrogens with two attached hydrogens (primary N) is 1. The fraction of sp³-hybridized carbons (Fsp3) is 0.800. The van der Waals surface area contributed by atoms with Crippen molar-refractivity contribution in [3.8, 4) is 0 Å². The van der Waals surface area contributed by atoms with Crippen LogP contribution in [0.25, 0.3) is 0 Å². The minimum atomic E-state index is -0.931. The van der Waals surface area contributed by atoms with Crippen LogP contribution in [0, 0.1) is 5.92 Å². The Kier molecular flexibility index (Phi) is 22.2. The van der Waals surface area contributed by atoms with Gasteiger partial charge in [0.15, 0.2) is 0 Å². The number of rotatable bonds is 2. The molecule has 3 N–H and O–H groups in total. The van der Waals surface area contributed by atoms with Gasteiger partial charge in [0.05, 0.1) is 0 Å². The van der Waals surface area contributed by atoms with E-state index < -0.39 is 12.0 Å². The van der Waals surface area contributed by atoms with E-state index in [-0.39, 0.29) is 53.8 Å².